The van der Waals surface area contributed by atoms with E-state index in [1.807, 2.05) is 12.1 Å². The minimum atomic E-state index is 0.904. The number of hydrogen-bond donors (Lipinski definition) is 0. The van der Waals surface area contributed by atoms with Crippen molar-refractivity contribution < 1.29 is 4.42 Å². The van der Waals surface area contributed by atoms with Gasteiger partial charge in [-0.1, -0.05) is 183 Å². The molecule has 0 spiro atoms. The van der Waals surface area contributed by atoms with Crippen LogP contribution in [0.15, 0.2) is 272 Å². The Morgan fingerprint density at radius 3 is 1.25 bits per heavy atom. The highest BCUT2D eigenvalue weighted by molar-refractivity contribution is 6.10. The number of para-hydroxylation sites is 2. The molecule has 0 radical (unpaired) electrons. The fourth-order valence-corrected chi connectivity index (χ4v) is 9.26. The topological polar surface area (TPSA) is 21.3 Å². The van der Waals surface area contributed by atoms with Gasteiger partial charge in [0.2, 0.25) is 0 Å². The highest BCUT2D eigenvalue weighted by Gasteiger charge is 2.17. The molecule has 0 atom stereocenters. The van der Waals surface area contributed by atoms with Crippen molar-refractivity contribution in [2.45, 2.75) is 0 Å². The molecular formula is C64H46N2O. The van der Waals surface area contributed by atoms with Gasteiger partial charge in [-0.15, -0.1) is 0 Å². The lowest BCUT2D eigenvalue weighted by atomic mass is 10.0. The molecule has 0 N–H and O–H groups in total. The monoisotopic (exact) mass is 858 g/mol. The molecule has 0 aliphatic rings. The molecular weight excluding hydrogens is 813 g/mol. The zero-order chi connectivity index (χ0) is 45.1. The predicted molar refractivity (Wildman–Crippen MR) is 285 cm³/mol. The van der Waals surface area contributed by atoms with E-state index >= 15 is 0 Å². The second kappa shape index (κ2) is 17.9. The fraction of sp³-hybridized carbons (Fsp3) is 0. The van der Waals surface area contributed by atoms with Gasteiger partial charge >= 0.3 is 0 Å². The highest BCUT2D eigenvalue weighted by atomic mass is 16.3. The number of benzene rings is 10. The second-order valence-corrected chi connectivity index (χ2v) is 16.6. The zero-order valence-electron chi connectivity index (χ0n) is 37.0. The highest BCUT2D eigenvalue weighted by Crippen LogP contribution is 2.40. The fourth-order valence-electron chi connectivity index (χ4n) is 9.26. The van der Waals surface area contributed by atoms with Gasteiger partial charge < -0.3 is 13.9 Å². The Morgan fingerprint density at radius 1 is 0.313 bits per heavy atom. The van der Waals surface area contributed by atoms with Gasteiger partial charge in [-0.05, 0) is 129 Å². The van der Waals surface area contributed by atoms with Crippen molar-refractivity contribution >= 4 is 60.8 Å². The first-order valence-electron chi connectivity index (χ1n) is 22.6. The van der Waals surface area contributed by atoms with Crippen LogP contribution >= 0.6 is 0 Å². The maximum absolute atomic E-state index is 6.13. The molecule has 3 nitrogen and oxygen atoms in total. The van der Waals surface area contributed by atoms with Gasteiger partial charge in [0.05, 0.1) is 11.0 Å². The van der Waals surface area contributed by atoms with Crippen molar-refractivity contribution in [3.63, 3.8) is 0 Å². The first-order chi connectivity index (χ1) is 33.1. The van der Waals surface area contributed by atoms with E-state index in [9.17, 15) is 0 Å². The number of fused-ring (bicyclic) bond motifs is 6. The van der Waals surface area contributed by atoms with Gasteiger partial charge in [0.25, 0.3) is 0 Å². The molecule has 0 fully saturated rings. The van der Waals surface area contributed by atoms with Crippen LogP contribution in [0.25, 0.3) is 93.9 Å². The molecule has 2 heterocycles. The first kappa shape index (κ1) is 40.8. The van der Waals surface area contributed by atoms with Gasteiger partial charge in [-0.2, -0.15) is 0 Å². The van der Waals surface area contributed by atoms with E-state index in [-0.39, 0.29) is 0 Å². The van der Waals surface area contributed by atoms with Gasteiger partial charge in [0, 0.05) is 44.3 Å². The number of nitrogens with zero attached hydrogens (tertiary/aromatic N) is 2. The van der Waals surface area contributed by atoms with E-state index in [0.29, 0.717) is 0 Å². The van der Waals surface area contributed by atoms with Gasteiger partial charge in [-0.3, -0.25) is 0 Å². The molecule has 0 unspecified atom stereocenters. The van der Waals surface area contributed by atoms with Crippen molar-refractivity contribution in [2.75, 3.05) is 4.90 Å². The minimum Gasteiger partial charge on any atom is -0.456 e. The maximum Gasteiger partial charge on any atom is 0.135 e. The quantitative estimate of drug-likeness (QED) is 0.135. The molecule has 12 aromatic rings. The second-order valence-electron chi connectivity index (χ2n) is 16.6. The summed E-state index contributed by atoms with van der Waals surface area (Å²) < 4.78 is 8.51. The van der Waals surface area contributed by atoms with Crippen LogP contribution in [0.2, 0.25) is 0 Å². The normalized spacial score (nSPS) is 11.1. The predicted octanol–water partition coefficient (Wildman–Crippen LogP) is 18.2. The lowest BCUT2D eigenvalue weighted by Gasteiger charge is -2.26. The lowest BCUT2D eigenvalue weighted by Crippen LogP contribution is -2.09. The summed E-state index contributed by atoms with van der Waals surface area (Å²) in [6.45, 7) is 6.72. The number of hydrogen-bond acceptors (Lipinski definition) is 2. The van der Waals surface area contributed by atoms with Gasteiger partial charge in [0.1, 0.15) is 11.2 Å². The third kappa shape index (κ3) is 7.90. The number of aromatic nitrogens is 1. The van der Waals surface area contributed by atoms with Crippen molar-refractivity contribution in [1.29, 1.82) is 0 Å². The first-order valence-corrected chi connectivity index (χ1v) is 22.6. The molecule has 12 rings (SSSR count). The molecule has 318 valence electrons. The average molecular weight is 859 g/mol. The van der Waals surface area contributed by atoms with Crippen LogP contribution in [0.4, 0.5) is 17.1 Å². The van der Waals surface area contributed by atoms with E-state index in [1.54, 1.807) is 12.2 Å². The Kier molecular flexibility index (Phi) is 10.9. The van der Waals surface area contributed by atoms with Crippen LogP contribution in [-0.2, 0) is 0 Å². The third-order valence-corrected chi connectivity index (χ3v) is 12.6. The van der Waals surface area contributed by atoms with Crippen LogP contribution in [0, 0.1) is 0 Å². The Balaban J connectivity index is 0.00000119. The Bertz CT molecular complexity index is 3670. The van der Waals surface area contributed by atoms with E-state index in [0.717, 1.165) is 55.8 Å². The van der Waals surface area contributed by atoms with Crippen LogP contribution in [0.1, 0.15) is 0 Å². The molecule has 0 saturated heterocycles. The van der Waals surface area contributed by atoms with Crippen molar-refractivity contribution in [3.05, 3.63) is 268 Å². The Hall–Kier alpha value is -8.92. The maximum atomic E-state index is 6.13. The number of allylic oxidation sites excluding steroid dienone is 2. The smallest absolute Gasteiger partial charge is 0.135 e. The van der Waals surface area contributed by atoms with Crippen LogP contribution in [-0.4, -0.2) is 4.57 Å². The van der Waals surface area contributed by atoms with E-state index in [2.05, 4.69) is 253 Å². The number of furan rings is 1. The summed E-state index contributed by atoms with van der Waals surface area (Å²) in [6, 6.07) is 87.1. The molecule has 2 aromatic heterocycles. The Morgan fingerprint density at radius 2 is 0.701 bits per heavy atom. The summed E-state index contributed by atoms with van der Waals surface area (Å²) >= 11 is 0. The van der Waals surface area contributed by atoms with Crippen LogP contribution < -0.4 is 4.90 Å². The minimum absolute atomic E-state index is 0.904. The van der Waals surface area contributed by atoms with E-state index < -0.39 is 0 Å². The number of anilines is 3. The molecule has 0 saturated carbocycles. The summed E-state index contributed by atoms with van der Waals surface area (Å²) in [6.07, 6.45) is 3.28. The van der Waals surface area contributed by atoms with E-state index in [1.165, 1.54) is 55.2 Å². The zero-order valence-corrected chi connectivity index (χ0v) is 37.0. The molecule has 10 aromatic carbocycles. The largest absolute Gasteiger partial charge is 0.456 e. The molecule has 0 amide bonds. The van der Waals surface area contributed by atoms with Gasteiger partial charge in [0.15, 0.2) is 0 Å². The van der Waals surface area contributed by atoms with Crippen molar-refractivity contribution in [1.82, 2.24) is 4.57 Å². The van der Waals surface area contributed by atoms with E-state index in [4.69, 9.17) is 4.42 Å². The summed E-state index contributed by atoms with van der Waals surface area (Å²) in [5, 5.41) is 4.74. The summed E-state index contributed by atoms with van der Waals surface area (Å²) in [5.41, 5.74) is 18.1. The van der Waals surface area contributed by atoms with Crippen molar-refractivity contribution in [2.24, 2.45) is 0 Å². The van der Waals surface area contributed by atoms with Crippen LogP contribution in [0.3, 0.4) is 0 Å². The summed E-state index contributed by atoms with van der Waals surface area (Å²) in [5.74, 6) is 0. The molecule has 3 heteroatoms. The molecule has 67 heavy (non-hydrogen) atoms. The summed E-state index contributed by atoms with van der Waals surface area (Å²) in [7, 11) is 0. The average Bonchev–Trinajstić information content (AvgIpc) is 3.95. The molecule has 0 aliphatic carbocycles. The standard InChI is InChI=1S/C60H40N2O.C4H6/c1-3-11-41(12-4-1)43-19-29-49(30-20-43)61(51-33-25-46(26-34-51)48-28-38-60-56(40-48)54-16-8-10-18-59(54)63-60)50-31-23-45(24-32-50)47-27-37-58-55(39-47)53-15-7-9-17-57(53)62(58)52-35-21-44(22-36-52)42-13-5-2-6-14-42;1-3-4-2/h1-40H;3-4H,1-2H2. The lowest BCUT2D eigenvalue weighted by molar-refractivity contribution is 0.669. The molecule has 0 aliphatic heterocycles. The van der Waals surface area contributed by atoms with Gasteiger partial charge in [-0.25, -0.2) is 0 Å². The SMILES string of the molecule is C=CC=C.c1ccc(-c2ccc(N(c3ccc(-c4ccc5oc6ccccc6c5c4)cc3)c3ccc(-c4ccc5c(c4)c4ccccc4n5-c4ccc(-c5ccccc5)cc4)cc3)cc2)cc1. The van der Waals surface area contributed by atoms with Crippen LogP contribution in [0.5, 0.6) is 0 Å². The summed E-state index contributed by atoms with van der Waals surface area (Å²) in [4.78, 5) is 2.34. The number of rotatable bonds is 9. The van der Waals surface area contributed by atoms with Crippen molar-refractivity contribution in [3.8, 4) is 50.2 Å². The Labute approximate surface area is 391 Å². The third-order valence-electron chi connectivity index (χ3n) is 12.6. The molecule has 0 bridgehead atoms.